The summed E-state index contributed by atoms with van der Waals surface area (Å²) in [6.07, 6.45) is -0.396. The van der Waals surface area contributed by atoms with Gasteiger partial charge in [0.15, 0.2) is 0 Å². The van der Waals surface area contributed by atoms with Crippen molar-refractivity contribution in [2.24, 2.45) is 0 Å². The zero-order valence-corrected chi connectivity index (χ0v) is 9.08. The number of aliphatic hydroxyl groups is 1. The van der Waals surface area contributed by atoms with E-state index >= 15 is 0 Å². The molecule has 2 nitrogen and oxygen atoms in total. The molecule has 0 radical (unpaired) electrons. The third-order valence-corrected chi connectivity index (χ3v) is 2.37. The van der Waals surface area contributed by atoms with Gasteiger partial charge in [0, 0.05) is 10.1 Å². The zero-order valence-electron chi connectivity index (χ0n) is 6.92. The average Bonchev–Trinajstić information content (AvgIpc) is 2.06. The number of rotatable bonds is 3. The highest BCUT2D eigenvalue weighted by Gasteiger charge is 2.04. The van der Waals surface area contributed by atoms with Crippen LogP contribution in [0.2, 0.25) is 0 Å². The number of hydrogen-bond donors (Lipinski definition) is 2. The van der Waals surface area contributed by atoms with Gasteiger partial charge in [0.05, 0.1) is 6.10 Å². The Kier molecular flexibility index (Phi) is 3.97. The number of benzene rings is 1. The third-order valence-electron chi connectivity index (χ3n) is 1.65. The Morgan fingerprint density at radius 2 is 2.00 bits per heavy atom. The summed E-state index contributed by atoms with van der Waals surface area (Å²) in [6.45, 7) is 0.598. The Bertz CT molecular complexity index is 235. The van der Waals surface area contributed by atoms with Gasteiger partial charge in [-0.05, 0) is 47.3 Å². The summed E-state index contributed by atoms with van der Waals surface area (Å²) in [6, 6.07) is 7.89. The highest BCUT2D eigenvalue weighted by Crippen LogP contribution is 2.13. The Hall–Kier alpha value is -0.130. The largest absolute Gasteiger partial charge is 0.387 e. The molecule has 1 aromatic carbocycles. The summed E-state index contributed by atoms with van der Waals surface area (Å²) >= 11 is 2.24. The molecule has 0 amide bonds. The van der Waals surface area contributed by atoms with Crippen LogP contribution >= 0.6 is 22.6 Å². The van der Waals surface area contributed by atoms with Gasteiger partial charge in [0.1, 0.15) is 0 Å². The fraction of sp³-hybridized carbons (Fsp3) is 0.333. The summed E-state index contributed by atoms with van der Waals surface area (Å²) in [5, 5.41) is 12.5. The van der Waals surface area contributed by atoms with E-state index in [1.807, 2.05) is 31.3 Å². The van der Waals surface area contributed by atoms with Gasteiger partial charge >= 0.3 is 0 Å². The molecule has 0 bridgehead atoms. The molecule has 3 heteroatoms. The van der Waals surface area contributed by atoms with Gasteiger partial charge in [0.2, 0.25) is 0 Å². The predicted octanol–water partition coefficient (Wildman–Crippen LogP) is 1.54. The molecular weight excluding hydrogens is 265 g/mol. The van der Waals surface area contributed by atoms with Gasteiger partial charge in [-0.15, -0.1) is 0 Å². The SMILES string of the molecule is CNCC(O)c1ccc(I)cc1. The van der Waals surface area contributed by atoms with Crippen LogP contribution < -0.4 is 5.32 Å². The van der Waals surface area contributed by atoms with Crippen molar-refractivity contribution in [1.82, 2.24) is 5.32 Å². The van der Waals surface area contributed by atoms with Crippen molar-refractivity contribution in [3.63, 3.8) is 0 Å². The van der Waals surface area contributed by atoms with Crippen LogP contribution in [-0.2, 0) is 0 Å². The molecule has 0 aliphatic rings. The molecule has 0 aromatic heterocycles. The van der Waals surface area contributed by atoms with E-state index < -0.39 is 6.10 Å². The van der Waals surface area contributed by atoms with Gasteiger partial charge in [0.25, 0.3) is 0 Å². The van der Waals surface area contributed by atoms with E-state index in [2.05, 4.69) is 27.9 Å². The smallest absolute Gasteiger partial charge is 0.0914 e. The van der Waals surface area contributed by atoms with Crippen molar-refractivity contribution in [2.45, 2.75) is 6.10 Å². The van der Waals surface area contributed by atoms with Crippen LogP contribution in [0.1, 0.15) is 11.7 Å². The van der Waals surface area contributed by atoms with Crippen molar-refractivity contribution in [3.8, 4) is 0 Å². The highest BCUT2D eigenvalue weighted by atomic mass is 127. The van der Waals surface area contributed by atoms with E-state index in [1.165, 1.54) is 3.57 Å². The van der Waals surface area contributed by atoms with Crippen molar-refractivity contribution in [1.29, 1.82) is 0 Å². The first kappa shape index (κ1) is 9.95. The molecule has 0 heterocycles. The highest BCUT2D eigenvalue weighted by molar-refractivity contribution is 14.1. The fourth-order valence-electron chi connectivity index (χ4n) is 0.996. The molecule has 0 fully saturated rings. The number of halogens is 1. The van der Waals surface area contributed by atoms with Crippen LogP contribution in [0.5, 0.6) is 0 Å². The second-order valence-corrected chi connectivity index (χ2v) is 3.87. The lowest BCUT2D eigenvalue weighted by Crippen LogP contribution is -2.16. The summed E-state index contributed by atoms with van der Waals surface area (Å²) < 4.78 is 1.19. The quantitative estimate of drug-likeness (QED) is 0.821. The van der Waals surface area contributed by atoms with E-state index in [-0.39, 0.29) is 0 Å². The van der Waals surface area contributed by atoms with Crippen molar-refractivity contribution < 1.29 is 5.11 Å². The molecule has 1 atom stereocenters. The van der Waals surface area contributed by atoms with E-state index in [4.69, 9.17) is 0 Å². The normalized spacial score (nSPS) is 12.9. The molecule has 0 spiro atoms. The van der Waals surface area contributed by atoms with Crippen LogP contribution in [0, 0.1) is 3.57 Å². The Morgan fingerprint density at radius 1 is 1.42 bits per heavy atom. The first-order valence-electron chi connectivity index (χ1n) is 3.82. The van der Waals surface area contributed by atoms with Gasteiger partial charge in [-0.2, -0.15) is 0 Å². The monoisotopic (exact) mass is 277 g/mol. The van der Waals surface area contributed by atoms with Gasteiger partial charge in [-0.1, -0.05) is 12.1 Å². The predicted molar refractivity (Wildman–Crippen MR) is 58.0 cm³/mol. The second-order valence-electron chi connectivity index (χ2n) is 2.63. The number of likely N-dealkylation sites (N-methyl/N-ethyl adjacent to an activating group) is 1. The molecule has 1 unspecified atom stereocenters. The molecule has 0 aliphatic carbocycles. The topological polar surface area (TPSA) is 32.3 Å². The van der Waals surface area contributed by atoms with E-state index in [0.717, 1.165) is 5.56 Å². The first-order valence-corrected chi connectivity index (χ1v) is 4.90. The maximum atomic E-state index is 9.55. The first-order chi connectivity index (χ1) is 5.74. The van der Waals surface area contributed by atoms with Gasteiger partial charge in [-0.3, -0.25) is 0 Å². The van der Waals surface area contributed by atoms with Crippen LogP contribution in [0.3, 0.4) is 0 Å². The Balaban J connectivity index is 2.68. The average molecular weight is 277 g/mol. The summed E-state index contributed by atoms with van der Waals surface area (Å²) in [7, 11) is 1.83. The molecule has 1 aromatic rings. The molecule has 0 saturated heterocycles. The minimum atomic E-state index is -0.396. The van der Waals surface area contributed by atoms with Crippen LogP contribution in [0.25, 0.3) is 0 Å². The minimum Gasteiger partial charge on any atom is -0.387 e. The fourth-order valence-corrected chi connectivity index (χ4v) is 1.36. The van der Waals surface area contributed by atoms with Crippen molar-refractivity contribution >= 4 is 22.6 Å². The summed E-state index contributed by atoms with van der Waals surface area (Å²) in [5.74, 6) is 0. The lowest BCUT2D eigenvalue weighted by molar-refractivity contribution is 0.178. The lowest BCUT2D eigenvalue weighted by Gasteiger charge is -2.09. The zero-order chi connectivity index (χ0) is 8.97. The Labute approximate surface area is 86.1 Å². The van der Waals surface area contributed by atoms with E-state index in [1.54, 1.807) is 0 Å². The molecule has 0 aliphatic heterocycles. The third kappa shape index (κ3) is 2.73. The maximum Gasteiger partial charge on any atom is 0.0914 e. The molecule has 12 heavy (non-hydrogen) atoms. The standard InChI is InChI=1S/C9H12INO/c1-11-6-9(12)7-2-4-8(10)5-3-7/h2-5,9,11-12H,6H2,1H3. The maximum absolute atomic E-state index is 9.55. The van der Waals surface area contributed by atoms with Crippen molar-refractivity contribution in [2.75, 3.05) is 13.6 Å². The molecule has 66 valence electrons. The Morgan fingerprint density at radius 3 is 2.50 bits per heavy atom. The lowest BCUT2D eigenvalue weighted by atomic mass is 10.1. The van der Waals surface area contributed by atoms with Gasteiger partial charge < -0.3 is 10.4 Å². The van der Waals surface area contributed by atoms with Crippen molar-refractivity contribution in [3.05, 3.63) is 33.4 Å². The van der Waals surface area contributed by atoms with Crippen LogP contribution in [-0.4, -0.2) is 18.7 Å². The van der Waals surface area contributed by atoms with Crippen LogP contribution in [0.4, 0.5) is 0 Å². The number of aliphatic hydroxyl groups excluding tert-OH is 1. The van der Waals surface area contributed by atoms with Crippen LogP contribution in [0.15, 0.2) is 24.3 Å². The molecule has 1 rings (SSSR count). The van der Waals surface area contributed by atoms with E-state index in [9.17, 15) is 5.11 Å². The van der Waals surface area contributed by atoms with E-state index in [0.29, 0.717) is 6.54 Å². The summed E-state index contributed by atoms with van der Waals surface area (Å²) in [5.41, 5.74) is 0.963. The number of nitrogens with one attached hydrogen (secondary N) is 1. The minimum absolute atomic E-state index is 0.396. The summed E-state index contributed by atoms with van der Waals surface area (Å²) in [4.78, 5) is 0. The van der Waals surface area contributed by atoms with Gasteiger partial charge in [-0.25, -0.2) is 0 Å². The second kappa shape index (κ2) is 4.79. The molecular formula is C9H12INO. The molecule has 2 N–H and O–H groups in total. The number of hydrogen-bond acceptors (Lipinski definition) is 2. The molecule has 0 saturated carbocycles.